The molecule has 0 N–H and O–H groups in total. The summed E-state index contributed by atoms with van der Waals surface area (Å²) in [4.78, 5) is 0.344. The van der Waals surface area contributed by atoms with Gasteiger partial charge in [-0.25, -0.2) is 12.8 Å². The van der Waals surface area contributed by atoms with Crippen LogP contribution in [0.15, 0.2) is 47.4 Å². The third-order valence-electron chi connectivity index (χ3n) is 5.39. The second-order valence-electron chi connectivity index (χ2n) is 6.93. The van der Waals surface area contributed by atoms with Gasteiger partial charge < -0.3 is 0 Å². The van der Waals surface area contributed by atoms with E-state index >= 15 is 0 Å². The molecule has 0 amide bonds. The van der Waals surface area contributed by atoms with Crippen LogP contribution in [0.2, 0.25) is 0 Å². The fourth-order valence-corrected chi connectivity index (χ4v) is 5.82. The van der Waals surface area contributed by atoms with Crippen molar-refractivity contribution in [1.29, 1.82) is 0 Å². The van der Waals surface area contributed by atoms with Gasteiger partial charge in [-0.05, 0) is 67.9 Å². The van der Waals surface area contributed by atoms with E-state index in [1.165, 1.54) is 22.4 Å². The number of hydrogen-bond acceptors (Lipinski definition) is 2. The van der Waals surface area contributed by atoms with Crippen molar-refractivity contribution < 1.29 is 12.8 Å². The summed E-state index contributed by atoms with van der Waals surface area (Å²) in [6.07, 6.45) is 5.65. The summed E-state index contributed by atoms with van der Waals surface area (Å²) in [7, 11) is -3.62. The van der Waals surface area contributed by atoms with Crippen molar-refractivity contribution in [2.75, 3.05) is 6.54 Å². The maximum Gasteiger partial charge on any atom is 0.243 e. The van der Waals surface area contributed by atoms with E-state index in [2.05, 4.69) is 0 Å². The molecule has 1 fully saturated rings. The minimum Gasteiger partial charge on any atom is -0.207 e. The molecule has 3 nitrogen and oxygen atoms in total. The molecule has 2 aliphatic rings. The van der Waals surface area contributed by atoms with Crippen molar-refractivity contribution in [1.82, 2.24) is 4.31 Å². The van der Waals surface area contributed by atoms with E-state index in [1.54, 1.807) is 24.3 Å². The van der Waals surface area contributed by atoms with Gasteiger partial charge in [-0.2, -0.15) is 4.31 Å². The summed E-state index contributed by atoms with van der Waals surface area (Å²) in [5.74, 6) is -0.333. The molecule has 1 atom stereocenters. The molecule has 1 unspecified atom stereocenters. The molecule has 4 rings (SSSR count). The number of benzene rings is 2. The zero-order valence-electron chi connectivity index (χ0n) is 14.1. The van der Waals surface area contributed by atoms with Gasteiger partial charge in [0.15, 0.2) is 0 Å². The van der Waals surface area contributed by atoms with Crippen LogP contribution in [0.4, 0.5) is 4.39 Å². The van der Waals surface area contributed by atoms with E-state index in [0.717, 1.165) is 31.2 Å². The molecule has 1 aliphatic carbocycles. The number of aryl methyl sites for hydroxylation is 2. The lowest BCUT2D eigenvalue weighted by Crippen LogP contribution is -2.31. The lowest BCUT2D eigenvalue weighted by atomic mass is 9.92. The Hall–Kier alpha value is -1.72. The molecule has 5 heteroatoms. The van der Waals surface area contributed by atoms with Gasteiger partial charge in [0.25, 0.3) is 0 Å². The average Bonchev–Trinajstić information content (AvgIpc) is 3.12. The monoisotopic (exact) mass is 359 g/mol. The van der Waals surface area contributed by atoms with Crippen LogP contribution in [0.25, 0.3) is 0 Å². The number of rotatable bonds is 3. The molecule has 1 aliphatic heterocycles. The minimum atomic E-state index is -3.62. The van der Waals surface area contributed by atoms with Gasteiger partial charge in [-0.15, -0.1) is 0 Å². The smallest absolute Gasteiger partial charge is 0.207 e. The number of halogens is 1. The Morgan fingerprint density at radius 1 is 0.960 bits per heavy atom. The fourth-order valence-electron chi connectivity index (χ4n) is 4.09. The first-order valence-corrected chi connectivity index (χ1v) is 10.4. The van der Waals surface area contributed by atoms with E-state index in [-0.39, 0.29) is 5.82 Å². The average molecular weight is 359 g/mol. The van der Waals surface area contributed by atoms with E-state index in [1.807, 2.05) is 12.1 Å². The van der Waals surface area contributed by atoms with Gasteiger partial charge in [-0.3, -0.25) is 0 Å². The first kappa shape index (κ1) is 16.7. The fraction of sp³-hybridized carbons (Fsp3) is 0.400. The number of hydrogen-bond donors (Lipinski definition) is 0. The van der Waals surface area contributed by atoms with Gasteiger partial charge in [0.1, 0.15) is 5.82 Å². The highest BCUT2D eigenvalue weighted by Gasteiger charge is 2.37. The third kappa shape index (κ3) is 3.00. The SMILES string of the molecule is O=S(=O)(c1ccc2c(c1)CCCC2)N1CCCC1c1ccccc1F. The highest BCUT2D eigenvalue weighted by Crippen LogP contribution is 2.38. The number of sulfonamides is 1. The van der Waals surface area contributed by atoms with E-state index in [0.29, 0.717) is 23.4 Å². The van der Waals surface area contributed by atoms with Gasteiger partial charge in [0.05, 0.1) is 10.9 Å². The molecule has 0 radical (unpaired) electrons. The Morgan fingerprint density at radius 2 is 1.72 bits per heavy atom. The highest BCUT2D eigenvalue weighted by molar-refractivity contribution is 7.89. The van der Waals surface area contributed by atoms with Crippen LogP contribution in [0.5, 0.6) is 0 Å². The molecular formula is C20H22FNO2S. The van der Waals surface area contributed by atoms with Crippen molar-refractivity contribution in [3.63, 3.8) is 0 Å². The Balaban J connectivity index is 1.71. The molecule has 1 saturated heterocycles. The van der Waals surface area contributed by atoms with Crippen molar-refractivity contribution in [3.05, 3.63) is 65.0 Å². The lowest BCUT2D eigenvalue weighted by molar-refractivity contribution is 0.386. The molecule has 2 aromatic rings. The minimum absolute atomic E-state index is 0.333. The Kier molecular flexibility index (Phi) is 4.38. The Morgan fingerprint density at radius 3 is 2.52 bits per heavy atom. The summed E-state index contributed by atoms with van der Waals surface area (Å²) in [6.45, 7) is 0.443. The zero-order chi connectivity index (χ0) is 17.4. The summed E-state index contributed by atoms with van der Waals surface area (Å²) in [6, 6.07) is 11.6. The molecule has 0 aromatic heterocycles. The molecule has 25 heavy (non-hydrogen) atoms. The van der Waals surface area contributed by atoms with Gasteiger partial charge in [-0.1, -0.05) is 24.3 Å². The molecular weight excluding hydrogens is 337 g/mol. The van der Waals surface area contributed by atoms with Crippen LogP contribution in [-0.4, -0.2) is 19.3 Å². The van der Waals surface area contributed by atoms with Gasteiger partial charge in [0, 0.05) is 12.1 Å². The summed E-state index contributed by atoms with van der Waals surface area (Å²) in [5, 5.41) is 0. The van der Waals surface area contributed by atoms with Crippen molar-refractivity contribution >= 4 is 10.0 Å². The predicted molar refractivity (Wildman–Crippen MR) is 95.4 cm³/mol. The van der Waals surface area contributed by atoms with Crippen LogP contribution < -0.4 is 0 Å². The predicted octanol–water partition coefficient (Wildman–Crippen LogP) is 4.23. The van der Waals surface area contributed by atoms with Crippen LogP contribution in [0.1, 0.15) is 48.4 Å². The summed E-state index contributed by atoms with van der Waals surface area (Å²) >= 11 is 0. The van der Waals surface area contributed by atoms with Crippen LogP contribution in [0, 0.1) is 5.82 Å². The quantitative estimate of drug-likeness (QED) is 0.822. The molecule has 132 valence electrons. The lowest BCUT2D eigenvalue weighted by Gasteiger charge is -2.25. The van der Waals surface area contributed by atoms with Crippen LogP contribution in [0.3, 0.4) is 0 Å². The zero-order valence-corrected chi connectivity index (χ0v) is 14.9. The normalized spacial score (nSPS) is 21.2. The topological polar surface area (TPSA) is 37.4 Å². The molecule has 1 heterocycles. The van der Waals surface area contributed by atoms with E-state index in [4.69, 9.17) is 0 Å². The standard InChI is InChI=1S/C20H22FNO2S/c21-19-9-4-3-8-18(19)20-10-5-13-22(20)25(23,24)17-12-11-15-6-1-2-7-16(15)14-17/h3-4,8-9,11-12,14,20H,1-2,5-7,10,13H2. The van der Waals surface area contributed by atoms with Gasteiger partial charge >= 0.3 is 0 Å². The van der Waals surface area contributed by atoms with Crippen molar-refractivity contribution in [2.45, 2.75) is 49.5 Å². The number of fused-ring (bicyclic) bond motifs is 1. The highest BCUT2D eigenvalue weighted by atomic mass is 32.2. The summed E-state index contributed by atoms with van der Waals surface area (Å²) in [5.41, 5.74) is 2.88. The van der Waals surface area contributed by atoms with Crippen molar-refractivity contribution in [2.24, 2.45) is 0 Å². The second-order valence-corrected chi connectivity index (χ2v) is 8.82. The van der Waals surface area contributed by atoms with Crippen LogP contribution in [-0.2, 0) is 22.9 Å². The van der Waals surface area contributed by atoms with E-state index < -0.39 is 16.1 Å². The van der Waals surface area contributed by atoms with E-state index in [9.17, 15) is 12.8 Å². The maximum atomic E-state index is 14.2. The van der Waals surface area contributed by atoms with Crippen LogP contribution >= 0.6 is 0 Å². The Labute approximate surface area is 148 Å². The molecule has 0 bridgehead atoms. The molecule has 0 spiro atoms. The molecule has 0 saturated carbocycles. The first-order valence-electron chi connectivity index (χ1n) is 8.95. The maximum absolute atomic E-state index is 14.2. The largest absolute Gasteiger partial charge is 0.243 e. The second kappa shape index (κ2) is 6.54. The summed E-state index contributed by atoms with van der Waals surface area (Å²) < 4.78 is 42.1. The number of nitrogens with zero attached hydrogens (tertiary/aromatic N) is 1. The third-order valence-corrected chi connectivity index (χ3v) is 7.30. The first-order chi connectivity index (χ1) is 12.1. The molecule has 2 aromatic carbocycles. The van der Waals surface area contributed by atoms with Gasteiger partial charge in [0.2, 0.25) is 10.0 Å². The Bertz CT molecular complexity index is 894. The van der Waals surface area contributed by atoms with Crippen molar-refractivity contribution in [3.8, 4) is 0 Å².